The van der Waals surface area contributed by atoms with E-state index in [4.69, 9.17) is 0 Å². The van der Waals surface area contributed by atoms with Gasteiger partial charge in [0.25, 0.3) is 0 Å². The maximum atomic E-state index is 3.67. The van der Waals surface area contributed by atoms with Gasteiger partial charge in [0.2, 0.25) is 0 Å². The van der Waals surface area contributed by atoms with Crippen LogP contribution in [0.25, 0.3) is 0 Å². The van der Waals surface area contributed by atoms with Gasteiger partial charge in [-0.15, -0.1) is 0 Å². The molecule has 1 nitrogen and oxygen atoms in total. The number of benzene rings is 1. The average molecular weight is 280 g/mol. The van der Waals surface area contributed by atoms with Gasteiger partial charge in [-0.2, -0.15) is 0 Å². The molecule has 0 bridgehead atoms. The molecule has 0 radical (unpaired) electrons. The average Bonchev–Trinajstić information content (AvgIpc) is 3.10. The van der Waals surface area contributed by atoms with Gasteiger partial charge in [-0.1, -0.05) is 34.1 Å². The molecule has 1 aliphatic carbocycles. The second-order valence-corrected chi connectivity index (χ2v) is 5.85. The Hall–Kier alpha value is -0.500. The van der Waals surface area contributed by atoms with E-state index in [1.165, 1.54) is 49.8 Å². The van der Waals surface area contributed by atoms with Gasteiger partial charge in [0.1, 0.15) is 0 Å². The van der Waals surface area contributed by atoms with Crippen LogP contribution in [-0.4, -0.2) is 18.4 Å². The van der Waals surface area contributed by atoms with Crippen molar-refractivity contribution in [2.75, 3.05) is 23.3 Å². The molecular formula is C14H18BrN. The molecule has 0 N–H and O–H groups in total. The van der Waals surface area contributed by atoms with Crippen LogP contribution in [0.15, 0.2) is 24.3 Å². The van der Waals surface area contributed by atoms with Crippen molar-refractivity contribution >= 4 is 21.6 Å². The summed E-state index contributed by atoms with van der Waals surface area (Å²) in [6, 6.07) is 8.92. The van der Waals surface area contributed by atoms with E-state index >= 15 is 0 Å². The summed E-state index contributed by atoms with van der Waals surface area (Å²) in [5, 5.41) is 1.17. The molecule has 3 rings (SSSR count). The van der Waals surface area contributed by atoms with Crippen LogP contribution in [0.5, 0.6) is 0 Å². The van der Waals surface area contributed by atoms with E-state index in [1.54, 1.807) is 5.56 Å². The Morgan fingerprint density at radius 1 is 1.25 bits per heavy atom. The first-order chi connectivity index (χ1) is 7.83. The molecule has 86 valence electrons. The summed E-state index contributed by atoms with van der Waals surface area (Å²) in [6.45, 7) is 2.49. The Morgan fingerprint density at radius 3 is 2.81 bits per heavy atom. The standard InChI is InChI=1S/C14H18BrN/c15-10-14(7-8-14)11-16-9-3-5-12-4-1-2-6-13(12)16/h1-2,4,6H,3,5,7-11H2. The molecule has 1 heterocycles. The first-order valence-electron chi connectivity index (χ1n) is 6.22. The van der Waals surface area contributed by atoms with Gasteiger partial charge in [0.15, 0.2) is 0 Å². The zero-order valence-electron chi connectivity index (χ0n) is 9.58. The quantitative estimate of drug-likeness (QED) is 0.764. The Bertz CT molecular complexity index is 384. The van der Waals surface area contributed by atoms with Gasteiger partial charge in [-0.05, 0) is 42.7 Å². The second kappa shape index (κ2) is 4.06. The number of rotatable bonds is 3. The lowest BCUT2D eigenvalue weighted by molar-refractivity contribution is 0.544. The van der Waals surface area contributed by atoms with E-state index < -0.39 is 0 Å². The SMILES string of the molecule is BrCC1(CN2CCCc3ccccc32)CC1. The van der Waals surface area contributed by atoms with Crippen molar-refractivity contribution < 1.29 is 0 Å². The number of anilines is 1. The summed E-state index contributed by atoms with van der Waals surface area (Å²) >= 11 is 3.67. The molecule has 16 heavy (non-hydrogen) atoms. The minimum absolute atomic E-state index is 0.588. The molecule has 2 aliphatic rings. The first kappa shape index (κ1) is 10.6. The summed E-state index contributed by atoms with van der Waals surface area (Å²) in [5.41, 5.74) is 3.62. The fourth-order valence-corrected chi connectivity index (χ4v) is 3.43. The highest BCUT2D eigenvalue weighted by Crippen LogP contribution is 2.48. The maximum absolute atomic E-state index is 3.67. The van der Waals surface area contributed by atoms with Crippen molar-refractivity contribution in [1.29, 1.82) is 0 Å². The molecule has 0 atom stereocenters. The van der Waals surface area contributed by atoms with Crippen LogP contribution in [0.2, 0.25) is 0 Å². The predicted octanol–water partition coefficient (Wildman–Crippen LogP) is 3.61. The van der Waals surface area contributed by atoms with E-state index in [2.05, 4.69) is 45.1 Å². The lowest BCUT2D eigenvalue weighted by Gasteiger charge is -2.34. The zero-order valence-corrected chi connectivity index (χ0v) is 11.2. The molecular weight excluding hydrogens is 262 g/mol. The smallest absolute Gasteiger partial charge is 0.0398 e. The van der Waals surface area contributed by atoms with Crippen molar-refractivity contribution in [3.8, 4) is 0 Å². The number of alkyl halides is 1. The molecule has 1 aromatic rings. The Balaban J connectivity index is 1.82. The summed E-state index contributed by atoms with van der Waals surface area (Å²) in [5.74, 6) is 0. The predicted molar refractivity (Wildman–Crippen MR) is 72.4 cm³/mol. The van der Waals surface area contributed by atoms with Crippen molar-refractivity contribution in [2.24, 2.45) is 5.41 Å². The van der Waals surface area contributed by atoms with E-state index in [0.717, 1.165) is 0 Å². The molecule has 1 aromatic carbocycles. The second-order valence-electron chi connectivity index (χ2n) is 5.29. The highest BCUT2D eigenvalue weighted by molar-refractivity contribution is 9.09. The van der Waals surface area contributed by atoms with Gasteiger partial charge in [0.05, 0.1) is 0 Å². The minimum Gasteiger partial charge on any atom is -0.371 e. The molecule has 2 heteroatoms. The lowest BCUT2D eigenvalue weighted by Crippen LogP contribution is -2.35. The fourth-order valence-electron chi connectivity index (χ4n) is 2.69. The highest BCUT2D eigenvalue weighted by Gasteiger charge is 2.43. The van der Waals surface area contributed by atoms with Crippen LogP contribution in [0, 0.1) is 5.41 Å². The van der Waals surface area contributed by atoms with Gasteiger partial charge < -0.3 is 4.90 Å². The van der Waals surface area contributed by atoms with Gasteiger partial charge in [0, 0.05) is 24.1 Å². The molecule has 0 saturated heterocycles. The Labute approximate surface area is 106 Å². The molecule has 0 unspecified atom stereocenters. The Morgan fingerprint density at radius 2 is 2.06 bits per heavy atom. The number of aryl methyl sites for hydroxylation is 1. The van der Waals surface area contributed by atoms with Crippen LogP contribution >= 0.6 is 15.9 Å². The zero-order chi connectivity index (χ0) is 11.0. The third-order valence-electron chi connectivity index (χ3n) is 3.97. The number of halogens is 1. The first-order valence-corrected chi connectivity index (χ1v) is 7.34. The van der Waals surface area contributed by atoms with Crippen LogP contribution in [0.1, 0.15) is 24.8 Å². The normalized spacial score (nSPS) is 21.7. The molecule has 0 amide bonds. The van der Waals surface area contributed by atoms with Crippen molar-refractivity contribution in [3.05, 3.63) is 29.8 Å². The van der Waals surface area contributed by atoms with E-state index in [9.17, 15) is 0 Å². The topological polar surface area (TPSA) is 3.24 Å². The van der Waals surface area contributed by atoms with Gasteiger partial charge in [-0.25, -0.2) is 0 Å². The van der Waals surface area contributed by atoms with Gasteiger partial charge in [-0.3, -0.25) is 0 Å². The van der Waals surface area contributed by atoms with E-state index in [0.29, 0.717) is 5.41 Å². The molecule has 1 saturated carbocycles. The monoisotopic (exact) mass is 279 g/mol. The summed E-state index contributed by atoms with van der Waals surface area (Å²) < 4.78 is 0. The summed E-state index contributed by atoms with van der Waals surface area (Å²) in [7, 11) is 0. The van der Waals surface area contributed by atoms with Gasteiger partial charge >= 0.3 is 0 Å². The summed E-state index contributed by atoms with van der Waals surface area (Å²) in [4.78, 5) is 2.60. The molecule has 1 aliphatic heterocycles. The number of para-hydroxylation sites is 1. The highest BCUT2D eigenvalue weighted by atomic mass is 79.9. The van der Waals surface area contributed by atoms with Crippen molar-refractivity contribution in [1.82, 2.24) is 0 Å². The van der Waals surface area contributed by atoms with Crippen LogP contribution < -0.4 is 4.90 Å². The molecule has 0 spiro atoms. The van der Waals surface area contributed by atoms with Crippen LogP contribution in [-0.2, 0) is 6.42 Å². The minimum atomic E-state index is 0.588. The number of hydrogen-bond acceptors (Lipinski definition) is 1. The number of fused-ring (bicyclic) bond motifs is 1. The van der Waals surface area contributed by atoms with Crippen LogP contribution in [0.4, 0.5) is 5.69 Å². The maximum Gasteiger partial charge on any atom is 0.0398 e. The summed E-state index contributed by atoms with van der Waals surface area (Å²) in [6.07, 6.45) is 5.37. The van der Waals surface area contributed by atoms with E-state index in [1.807, 2.05) is 0 Å². The molecule has 0 aromatic heterocycles. The Kier molecular flexibility index (Phi) is 2.70. The van der Waals surface area contributed by atoms with E-state index in [-0.39, 0.29) is 0 Å². The third-order valence-corrected chi connectivity index (χ3v) is 5.16. The van der Waals surface area contributed by atoms with Crippen molar-refractivity contribution in [3.63, 3.8) is 0 Å². The molecule has 1 fully saturated rings. The lowest BCUT2D eigenvalue weighted by atomic mass is 10.00. The van der Waals surface area contributed by atoms with Crippen LogP contribution in [0.3, 0.4) is 0 Å². The third kappa shape index (κ3) is 1.88. The van der Waals surface area contributed by atoms with Crippen molar-refractivity contribution in [2.45, 2.75) is 25.7 Å². The number of hydrogen-bond donors (Lipinski definition) is 0. The largest absolute Gasteiger partial charge is 0.371 e. The number of nitrogens with zero attached hydrogens (tertiary/aromatic N) is 1. The fraction of sp³-hybridized carbons (Fsp3) is 0.571.